The third-order valence-electron chi connectivity index (χ3n) is 26.3. The van der Waals surface area contributed by atoms with E-state index in [1.165, 1.54) is 77.9 Å². The Bertz CT molecular complexity index is 7970. The Hall–Kier alpha value is -17.2. The lowest BCUT2D eigenvalue weighted by Gasteiger charge is -2.34. The van der Waals surface area contributed by atoms with E-state index in [1.54, 1.807) is 0 Å². The van der Waals surface area contributed by atoms with Crippen LogP contribution in [0.25, 0.3) is 179 Å². The van der Waals surface area contributed by atoms with Crippen LogP contribution >= 0.6 is 0 Å². The highest BCUT2D eigenvalue weighted by Crippen LogP contribution is 2.59. The van der Waals surface area contributed by atoms with Crippen molar-refractivity contribution < 1.29 is 0 Å². The SMILES string of the molecule is c1ccc(-c2cc(-c3ccccc3)cc(-n3c4ccc(C5(c6ccccc6)c6ccccc6-c6ccccc65)cc4c4ccc(-c5nc(-c6ccccc6)nc(-c6ccccc6)n5)cc43)c2)cc1.c1ccc(-c2ccc(-n3c4ccc(-c5nc(-c6ccccc6)nc(-c6ccccc6)n5)cc4c4cc(C5(c6ccccc6)c6ccccc6-c6ccccc65)ccc43)cc2)cc1. The van der Waals surface area contributed by atoms with E-state index in [1.807, 2.05) is 72.8 Å². The van der Waals surface area contributed by atoms with E-state index in [4.69, 9.17) is 29.9 Å². The van der Waals surface area contributed by atoms with Crippen molar-refractivity contribution in [2.24, 2.45) is 0 Å². The second-order valence-corrected chi connectivity index (χ2v) is 33.5. The molecule has 0 aliphatic heterocycles. The van der Waals surface area contributed by atoms with E-state index >= 15 is 0 Å². The molecule has 8 heteroatoms. The summed E-state index contributed by atoms with van der Waals surface area (Å²) in [6.45, 7) is 0. The smallest absolute Gasteiger partial charge is 0.164 e. The fraction of sp³-hybridized carbons (Fsp3) is 0.0164. The Balaban J connectivity index is 0.000000145. The molecule has 0 unspecified atom stereocenters. The van der Waals surface area contributed by atoms with Gasteiger partial charge < -0.3 is 9.13 Å². The summed E-state index contributed by atoms with van der Waals surface area (Å²) in [7, 11) is 0. The Kier molecular flexibility index (Phi) is 18.9. The maximum Gasteiger partial charge on any atom is 0.164 e. The van der Waals surface area contributed by atoms with Crippen molar-refractivity contribution in [1.82, 2.24) is 39.0 Å². The monoisotopic (exact) mass is 1660 g/mol. The van der Waals surface area contributed by atoms with Gasteiger partial charge in [0.1, 0.15) is 0 Å². The molecule has 4 aromatic heterocycles. The van der Waals surface area contributed by atoms with Crippen LogP contribution in [0.3, 0.4) is 0 Å². The van der Waals surface area contributed by atoms with E-state index in [9.17, 15) is 0 Å². The van der Waals surface area contributed by atoms with Crippen molar-refractivity contribution in [2.75, 3.05) is 0 Å². The lowest BCUT2D eigenvalue weighted by molar-refractivity contribution is 0.770. The molecule has 0 saturated heterocycles. The van der Waals surface area contributed by atoms with Gasteiger partial charge in [-0.1, -0.05) is 406 Å². The number of hydrogen-bond donors (Lipinski definition) is 0. The van der Waals surface area contributed by atoms with Gasteiger partial charge in [-0.15, -0.1) is 0 Å². The van der Waals surface area contributed by atoms with Gasteiger partial charge in [0.15, 0.2) is 34.9 Å². The number of fused-ring (bicyclic) bond motifs is 12. The minimum Gasteiger partial charge on any atom is -0.309 e. The minimum absolute atomic E-state index is 0.532. The first-order valence-corrected chi connectivity index (χ1v) is 44.3. The van der Waals surface area contributed by atoms with Crippen LogP contribution in [0.1, 0.15) is 44.5 Å². The normalized spacial score (nSPS) is 12.6. The first-order valence-electron chi connectivity index (χ1n) is 44.3. The fourth-order valence-corrected chi connectivity index (χ4v) is 20.4. The zero-order valence-electron chi connectivity index (χ0n) is 70.8. The average molecular weight is 1660 g/mol. The molecular formula is C122H80N8. The molecule has 608 valence electrons. The third-order valence-corrected chi connectivity index (χ3v) is 26.3. The molecule has 2 aliphatic rings. The molecule has 0 atom stereocenters. The molecule has 4 heterocycles. The molecule has 23 aromatic rings. The van der Waals surface area contributed by atoms with E-state index in [0.29, 0.717) is 34.9 Å². The van der Waals surface area contributed by atoms with Crippen LogP contribution < -0.4 is 0 Å². The number of hydrogen-bond acceptors (Lipinski definition) is 6. The predicted octanol–water partition coefficient (Wildman–Crippen LogP) is 29.7. The van der Waals surface area contributed by atoms with Crippen molar-refractivity contribution >= 4 is 43.6 Å². The highest BCUT2D eigenvalue weighted by molar-refractivity contribution is 6.13. The molecule has 0 N–H and O–H groups in total. The minimum atomic E-state index is -0.544. The van der Waals surface area contributed by atoms with Crippen molar-refractivity contribution in [2.45, 2.75) is 10.8 Å². The molecule has 0 radical (unpaired) electrons. The van der Waals surface area contributed by atoms with E-state index < -0.39 is 10.8 Å². The fourth-order valence-electron chi connectivity index (χ4n) is 20.4. The summed E-state index contributed by atoms with van der Waals surface area (Å²) in [5.41, 5.74) is 33.2. The average Bonchev–Trinajstić information content (AvgIpc) is 1.53. The largest absolute Gasteiger partial charge is 0.309 e. The lowest BCUT2D eigenvalue weighted by Crippen LogP contribution is -2.28. The Labute approximate surface area is 753 Å². The number of benzene rings is 19. The van der Waals surface area contributed by atoms with Crippen molar-refractivity contribution in [3.05, 3.63) is 530 Å². The lowest BCUT2D eigenvalue weighted by atomic mass is 9.67. The molecule has 8 nitrogen and oxygen atoms in total. The maximum atomic E-state index is 5.19. The van der Waals surface area contributed by atoms with Crippen LogP contribution in [0, 0.1) is 0 Å². The first-order chi connectivity index (χ1) is 64.4. The van der Waals surface area contributed by atoms with E-state index in [2.05, 4.69) is 422 Å². The third kappa shape index (κ3) is 13.0. The van der Waals surface area contributed by atoms with Crippen molar-refractivity contribution in [3.8, 4) is 135 Å². The zero-order valence-corrected chi connectivity index (χ0v) is 70.8. The summed E-state index contributed by atoms with van der Waals surface area (Å²) in [6.07, 6.45) is 0. The molecule has 130 heavy (non-hydrogen) atoms. The summed E-state index contributed by atoms with van der Waals surface area (Å²) < 4.78 is 4.84. The quantitative estimate of drug-likeness (QED) is 0.102. The number of aromatic nitrogens is 8. The van der Waals surface area contributed by atoms with Gasteiger partial charge in [0.2, 0.25) is 0 Å². The van der Waals surface area contributed by atoms with Gasteiger partial charge in [0, 0.05) is 66.3 Å². The summed E-state index contributed by atoms with van der Waals surface area (Å²) in [6, 6.07) is 174. The predicted molar refractivity (Wildman–Crippen MR) is 532 cm³/mol. The van der Waals surface area contributed by atoms with Gasteiger partial charge in [0.25, 0.3) is 0 Å². The molecule has 0 saturated carbocycles. The first kappa shape index (κ1) is 76.5. The molecule has 19 aromatic carbocycles. The molecule has 2 aliphatic carbocycles. The van der Waals surface area contributed by atoms with Crippen LogP contribution in [-0.2, 0) is 10.8 Å². The van der Waals surface area contributed by atoms with Gasteiger partial charge >= 0.3 is 0 Å². The van der Waals surface area contributed by atoms with Crippen LogP contribution in [0.5, 0.6) is 0 Å². The molecule has 25 rings (SSSR count). The maximum absolute atomic E-state index is 5.19. The van der Waals surface area contributed by atoms with Gasteiger partial charge in [0.05, 0.1) is 32.9 Å². The van der Waals surface area contributed by atoms with E-state index in [0.717, 1.165) is 111 Å². The molecule has 0 amide bonds. The van der Waals surface area contributed by atoms with E-state index in [-0.39, 0.29) is 0 Å². The topological polar surface area (TPSA) is 87.2 Å². The summed E-state index contributed by atoms with van der Waals surface area (Å²) >= 11 is 0. The van der Waals surface area contributed by atoms with Crippen LogP contribution in [0.15, 0.2) is 485 Å². The second-order valence-electron chi connectivity index (χ2n) is 33.5. The van der Waals surface area contributed by atoms with Crippen molar-refractivity contribution in [1.29, 1.82) is 0 Å². The van der Waals surface area contributed by atoms with Crippen LogP contribution in [0.4, 0.5) is 0 Å². The summed E-state index contributed by atoms with van der Waals surface area (Å²) in [5, 5.41) is 4.58. The highest BCUT2D eigenvalue weighted by Gasteiger charge is 2.48. The molecule has 0 fully saturated rings. The standard InChI is InChI=1S/C64H42N4.C58H38N4/c1-6-20-43(21-7-1)48-38-49(44-22-8-2-9-23-44)40-52(39-48)68-59-37-35-51(64(50-28-14-5-15-29-50)57-32-18-16-30-53(57)54-31-17-19-33-58(54)64)42-56(59)55-36-34-47(41-60(55)68)63-66-61(45-24-10-3-11-25-45)65-62(67-63)46-26-12-4-13-27-46;1-5-17-39(18-6-1)40-29-33-46(34-30-40)62-53-35-31-43(57-60-55(41-19-7-2-8-20-41)59-56(61-57)42-21-9-3-10-22-42)37-49(53)50-38-45(32-36-54(50)62)58(44-23-11-4-12-24-44)51-27-15-13-25-47(51)48-26-14-16-28-52(48)58/h1-42H;1-38H. The summed E-state index contributed by atoms with van der Waals surface area (Å²) in [5.74, 6) is 3.78. The molecule has 0 spiro atoms. The van der Waals surface area contributed by atoms with Crippen LogP contribution in [0.2, 0.25) is 0 Å². The highest BCUT2D eigenvalue weighted by atomic mass is 15.1. The Morgan fingerprint density at radius 2 is 0.408 bits per heavy atom. The molecular weight excluding hydrogens is 1580 g/mol. The Morgan fingerprint density at radius 3 is 0.777 bits per heavy atom. The van der Waals surface area contributed by atoms with Crippen LogP contribution in [-0.4, -0.2) is 39.0 Å². The Morgan fingerprint density at radius 1 is 0.146 bits per heavy atom. The van der Waals surface area contributed by atoms with Gasteiger partial charge in [-0.25, -0.2) is 29.9 Å². The molecule has 0 bridgehead atoms. The summed E-state index contributed by atoms with van der Waals surface area (Å²) in [4.78, 5) is 30.7. The zero-order chi connectivity index (χ0) is 86.1. The van der Waals surface area contributed by atoms with Crippen molar-refractivity contribution in [3.63, 3.8) is 0 Å². The number of rotatable bonds is 15. The van der Waals surface area contributed by atoms with Gasteiger partial charge in [-0.2, -0.15) is 0 Å². The number of nitrogens with zero attached hydrogens (tertiary/aromatic N) is 8. The van der Waals surface area contributed by atoms with Gasteiger partial charge in [-0.3, -0.25) is 0 Å². The van der Waals surface area contributed by atoms with Gasteiger partial charge in [-0.05, 0) is 179 Å². The second kappa shape index (κ2) is 32.1.